The van der Waals surface area contributed by atoms with Crippen molar-refractivity contribution in [2.45, 2.75) is 17.9 Å². The number of azo groups is 1. The molecule has 0 radical (unpaired) electrons. The smallest absolute Gasteiger partial charge is 0.323 e. The maximum absolute atomic E-state index is 12.7. The van der Waals surface area contributed by atoms with Crippen molar-refractivity contribution in [1.29, 1.82) is 0 Å². The van der Waals surface area contributed by atoms with E-state index in [9.17, 15) is 22.8 Å². The molecule has 3 rings (SSSR count). The maximum atomic E-state index is 12.7. The van der Waals surface area contributed by atoms with Gasteiger partial charge in [-0.05, 0) is 32.2 Å². The predicted molar refractivity (Wildman–Crippen MR) is 122 cm³/mol. The number of rotatable bonds is 9. The number of benzene rings is 2. The standard InChI is InChI=1S/C20H22N6O7S/c1-10(27)18(19(28)22-11-5-6-12-13(7-11)24-20(29)23-12)26-25-14-8-16(33-4)17(9-15(14)32-3)34(30,31)21-2/h5-9,18,21H,1-4H3,(H,22,28)(H2,23,24,29). The van der Waals surface area contributed by atoms with Crippen LogP contribution in [0.3, 0.4) is 0 Å². The highest BCUT2D eigenvalue weighted by molar-refractivity contribution is 7.89. The molecule has 180 valence electrons. The Balaban J connectivity index is 1.91. The van der Waals surface area contributed by atoms with E-state index in [1.165, 1.54) is 46.4 Å². The summed E-state index contributed by atoms with van der Waals surface area (Å²) < 4.78 is 37.0. The zero-order chi connectivity index (χ0) is 25.0. The van der Waals surface area contributed by atoms with Crippen molar-refractivity contribution in [1.82, 2.24) is 14.7 Å². The van der Waals surface area contributed by atoms with Gasteiger partial charge in [-0.3, -0.25) is 9.59 Å². The molecule has 0 aliphatic rings. The Morgan fingerprint density at radius 1 is 1.03 bits per heavy atom. The first-order chi connectivity index (χ1) is 16.1. The Morgan fingerprint density at radius 3 is 2.32 bits per heavy atom. The first-order valence-corrected chi connectivity index (χ1v) is 11.2. The SMILES string of the molecule is CNS(=O)(=O)c1cc(OC)c(N=NC(C(C)=O)C(=O)Nc2ccc3[nH]c(=O)[nH]c3c2)cc1OC. The van der Waals surface area contributed by atoms with Crippen LogP contribution in [0.15, 0.2) is 50.3 Å². The number of Topliss-reactive ketones (excluding diaryl/α,β-unsaturated/α-hetero) is 1. The maximum Gasteiger partial charge on any atom is 0.323 e. The quantitative estimate of drug-likeness (QED) is 0.258. The van der Waals surface area contributed by atoms with E-state index in [-0.39, 0.29) is 22.1 Å². The highest BCUT2D eigenvalue weighted by atomic mass is 32.2. The second-order valence-corrected chi connectivity index (χ2v) is 8.79. The van der Waals surface area contributed by atoms with Gasteiger partial charge in [-0.1, -0.05) is 0 Å². The Kier molecular flexibility index (Phi) is 7.12. The Labute approximate surface area is 193 Å². The molecular formula is C20H22N6O7S. The molecule has 2 aromatic carbocycles. The normalized spacial score (nSPS) is 12.6. The van der Waals surface area contributed by atoms with E-state index in [4.69, 9.17) is 9.47 Å². The predicted octanol–water partition coefficient (Wildman–Crippen LogP) is 1.46. The Bertz CT molecular complexity index is 1440. The van der Waals surface area contributed by atoms with E-state index in [0.29, 0.717) is 16.7 Å². The van der Waals surface area contributed by atoms with Crippen molar-refractivity contribution in [2.24, 2.45) is 10.2 Å². The van der Waals surface area contributed by atoms with Crippen LogP contribution in [-0.4, -0.2) is 57.4 Å². The monoisotopic (exact) mass is 490 g/mol. The fraction of sp³-hybridized carbons (Fsp3) is 0.250. The van der Waals surface area contributed by atoms with Crippen LogP contribution in [-0.2, 0) is 19.6 Å². The fourth-order valence-corrected chi connectivity index (χ4v) is 3.90. The van der Waals surface area contributed by atoms with Gasteiger partial charge in [0.1, 0.15) is 22.1 Å². The van der Waals surface area contributed by atoms with Gasteiger partial charge in [-0.15, -0.1) is 0 Å². The number of hydrogen-bond donors (Lipinski definition) is 4. The zero-order valence-electron chi connectivity index (χ0n) is 18.6. The molecule has 1 aromatic heterocycles. The number of amides is 1. The highest BCUT2D eigenvalue weighted by Gasteiger charge is 2.25. The number of imidazole rings is 1. The number of methoxy groups -OCH3 is 2. The molecule has 0 saturated carbocycles. The fourth-order valence-electron chi connectivity index (χ4n) is 3.01. The molecule has 1 amide bonds. The molecule has 3 aromatic rings. The van der Waals surface area contributed by atoms with Crippen molar-refractivity contribution in [2.75, 3.05) is 26.6 Å². The van der Waals surface area contributed by atoms with Crippen LogP contribution < -0.4 is 25.2 Å². The number of carbonyl (C=O) groups is 2. The number of sulfonamides is 1. The number of nitrogens with one attached hydrogen (secondary N) is 4. The first-order valence-electron chi connectivity index (χ1n) is 9.73. The number of ether oxygens (including phenoxy) is 2. The van der Waals surface area contributed by atoms with Gasteiger partial charge in [0.15, 0.2) is 5.78 Å². The van der Waals surface area contributed by atoms with E-state index in [1.807, 2.05) is 0 Å². The summed E-state index contributed by atoms with van der Waals surface area (Å²) in [5.74, 6) is -1.35. The third-order valence-electron chi connectivity index (χ3n) is 4.72. The summed E-state index contributed by atoms with van der Waals surface area (Å²) in [5.41, 5.74) is 0.995. The molecule has 0 saturated heterocycles. The molecular weight excluding hydrogens is 468 g/mol. The van der Waals surface area contributed by atoms with Crippen molar-refractivity contribution >= 4 is 44.1 Å². The molecule has 1 unspecified atom stereocenters. The third-order valence-corrected chi connectivity index (χ3v) is 6.16. The number of fused-ring (bicyclic) bond motifs is 1. The number of aromatic nitrogens is 2. The largest absolute Gasteiger partial charge is 0.495 e. The van der Waals surface area contributed by atoms with Gasteiger partial charge in [0.05, 0.1) is 25.3 Å². The number of aromatic amines is 2. The lowest BCUT2D eigenvalue weighted by molar-refractivity contribution is -0.126. The lowest BCUT2D eigenvalue weighted by Gasteiger charge is -2.13. The molecule has 0 aliphatic carbocycles. The molecule has 1 heterocycles. The number of ketones is 1. The minimum Gasteiger partial charge on any atom is -0.495 e. The van der Waals surface area contributed by atoms with E-state index < -0.39 is 33.4 Å². The summed E-state index contributed by atoms with van der Waals surface area (Å²) in [6.45, 7) is 1.18. The van der Waals surface area contributed by atoms with Gasteiger partial charge in [-0.2, -0.15) is 10.2 Å². The molecule has 4 N–H and O–H groups in total. The molecule has 0 spiro atoms. The summed E-state index contributed by atoms with van der Waals surface area (Å²) in [5, 5.41) is 10.3. The molecule has 34 heavy (non-hydrogen) atoms. The molecule has 0 fully saturated rings. The number of carbonyl (C=O) groups excluding carboxylic acids is 2. The van der Waals surface area contributed by atoms with Gasteiger partial charge in [-0.25, -0.2) is 17.9 Å². The molecule has 14 heteroatoms. The van der Waals surface area contributed by atoms with Crippen LogP contribution in [0.25, 0.3) is 11.0 Å². The van der Waals surface area contributed by atoms with E-state index in [0.717, 1.165) is 0 Å². The lowest BCUT2D eigenvalue weighted by atomic mass is 10.2. The van der Waals surface area contributed by atoms with Crippen LogP contribution in [0.1, 0.15) is 6.92 Å². The van der Waals surface area contributed by atoms with Gasteiger partial charge in [0, 0.05) is 17.8 Å². The van der Waals surface area contributed by atoms with Crippen molar-refractivity contribution in [3.63, 3.8) is 0 Å². The number of anilines is 1. The second-order valence-electron chi connectivity index (χ2n) is 6.94. The van der Waals surface area contributed by atoms with E-state index in [2.05, 4.69) is 30.2 Å². The Hall–Kier alpha value is -4.04. The summed E-state index contributed by atoms with van der Waals surface area (Å²) in [6.07, 6.45) is 0. The zero-order valence-corrected chi connectivity index (χ0v) is 19.4. The van der Waals surface area contributed by atoms with Crippen LogP contribution in [0, 0.1) is 0 Å². The van der Waals surface area contributed by atoms with Gasteiger partial charge in [0.2, 0.25) is 16.1 Å². The average Bonchev–Trinajstić information content (AvgIpc) is 3.17. The Morgan fingerprint density at radius 2 is 1.71 bits per heavy atom. The van der Waals surface area contributed by atoms with Crippen LogP contribution in [0.4, 0.5) is 11.4 Å². The van der Waals surface area contributed by atoms with Crippen molar-refractivity contribution in [3.05, 3.63) is 40.8 Å². The van der Waals surface area contributed by atoms with Crippen molar-refractivity contribution in [3.8, 4) is 11.5 Å². The van der Waals surface area contributed by atoms with E-state index >= 15 is 0 Å². The third kappa shape index (κ3) is 5.13. The topological polar surface area (TPSA) is 184 Å². The molecule has 0 aliphatic heterocycles. The highest BCUT2D eigenvalue weighted by Crippen LogP contribution is 2.37. The summed E-state index contributed by atoms with van der Waals surface area (Å²) in [4.78, 5) is 41.2. The summed E-state index contributed by atoms with van der Waals surface area (Å²) >= 11 is 0. The minimum atomic E-state index is -3.87. The second kappa shape index (κ2) is 9.84. The molecule has 1 atom stereocenters. The van der Waals surface area contributed by atoms with Crippen LogP contribution in [0.2, 0.25) is 0 Å². The number of hydrogen-bond acceptors (Lipinski definition) is 9. The van der Waals surface area contributed by atoms with Crippen molar-refractivity contribution < 1.29 is 27.5 Å². The van der Waals surface area contributed by atoms with Crippen LogP contribution >= 0.6 is 0 Å². The molecule has 0 bridgehead atoms. The van der Waals surface area contributed by atoms with E-state index in [1.54, 1.807) is 12.1 Å². The number of nitrogens with zero attached hydrogens (tertiary/aromatic N) is 2. The minimum absolute atomic E-state index is 0.0305. The average molecular weight is 490 g/mol. The summed E-state index contributed by atoms with van der Waals surface area (Å²) in [7, 11) is -0.0462. The number of H-pyrrole nitrogens is 2. The van der Waals surface area contributed by atoms with Gasteiger partial charge >= 0.3 is 5.69 Å². The van der Waals surface area contributed by atoms with Crippen LogP contribution in [0.5, 0.6) is 11.5 Å². The van der Waals surface area contributed by atoms with Gasteiger partial charge < -0.3 is 24.8 Å². The first kappa shape index (κ1) is 24.6. The lowest BCUT2D eigenvalue weighted by Crippen LogP contribution is -2.31. The summed E-state index contributed by atoms with van der Waals surface area (Å²) in [6, 6.07) is 5.61. The molecule has 13 nitrogen and oxygen atoms in total. The van der Waals surface area contributed by atoms with Gasteiger partial charge in [0.25, 0.3) is 5.91 Å².